The smallest absolute Gasteiger partial charge is 0.322 e. The van der Waals surface area contributed by atoms with E-state index in [1.807, 2.05) is 17.2 Å². The molecule has 2 saturated heterocycles. The van der Waals surface area contributed by atoms with Gasteiger partial charge in [-0.2, -0.15) is 19.6 Å². The fraction of sp³-hybridized carbons (Fsp3) is 0.517. The van der Waals surface area contributed by atoms with Crippen molar-refractivity contribution in [3.8, 4) is 6.01 Å². The first-order valence-electron chi connectivity index (χ1n) is 14.3. The van der Waals surface area contributed by atoms with Crippen molar-refractivity contribution in [2.75, 3.05) is 38.5 Å². The van der Waals surface area contributed by atoms with Gasteiger partial charge in [0.1, 0.15) is 18.2 Å². The molecule has 2 unspecified atom stereocenters. The number of benzene rings is 1. The second-order valence-electron chi connectivity index (χ2n) is 11.4. The average Bonchev–Trinajstić information content (AvgIpc) is 3.70. The van der Waals surface area contributed by atoms with E-state index in [2.05, 4.69) is 59.9 Å². The van der Waals surface area contributed by atoms with Crippen molar-refractivity contribution in [1.29, 1.82) is 0 Å². The molecule has 0 aliphatic carbocycles. The molecule has 2 aliphatic rings. The molecule has 0 spiro atoms. The van der Waals surface area contributed by atoms with Crippen molar-refractivity contribution >= 4 is 22.6 Å². The quantitative estimate of drug-likeness (QED) is 0.272. The Hall–Kier alpha value is -3.54. The molecule has 3 N–H and O–H groups in total. The van der Waals surface area contributed by atoms with Crippen molar-refractivity contribution in [1.82, 2.24) is 39.3 Å². The van der Waals surface area contributed by atoms with Gasteiger partial charge in [-0.3, -0.25) is 4.90 Å². The lowest BCUT2D eigenvalue weighted by Gasteiger charge is -2.28. The molecule has 4 aromatic rings. The first-order chi connectivity index (χ1) is 19.4. The van der Waals surface area contributed by atoms with Gasteiger partial charge in [0.2, 0.25) is 5.95 Å². The number of H-pyrrole nitrogens is 1. The molecule has 5 heterocycles. The number of aliphatic hydroxyl groups excluding tert-OH is 1. The molecule has 2 aliphatic heterocycles. The first-order valence-corrected chi connectivity index (χ1v) is 14.3. The number of hydrogen-bond acceptors (Lipinski definition) is 9. The normalized spacial score (nSPS) is 20.1. The van der Waals surface area contributed by atoms with Crippen molar-refractivity contribution < 1.29 is 9.84 Å². The summed E-state index contributed by atoms with van der Waals surface area (Å²) in [6.45, 7) is 12.1. The van der Waals surface area contributed by atoms with Gasteiger partial charge in [0.25, 0.3) is 0 Å². The van der Waals surface area contributed by atoms with Crippen LogP contribution in [0.15, 0.2) is 37.1 Å². The molecule has 11 nitrogen and oxygen atoms in total. The molecule has 0 amide bonds. The minimum atomic E-state index is -0.609. The van der Waals surface area contributed by atoms with Crippen molar-refractivity contribution in [2.24, 2.45) is 0 Å². The number of ether oxygens (including phenoxy) is 1. The molecule has 2 fully saturated rings. The Labute approximate surface area is 234 Å². The maximum Gasteiger partial charge on any atom is 0.322 e. The third kappa shape index (κ3) is 5.41. The van der Waals surface area contributed by atoms with Crippen LogP contribution in [0.5, 0.6) is 6.01 Å². The van der Waals surface area contributed by atoms with Gasteiger partial charge < -0.3 is 25.0 Å². The van der Waals surface area contributed by atoms with Crippen LogP contribution in [0.1, 0.15) is 61.9 Å². The summed E-state index contributed by atoms with van der Waals surface area (Å²) in [5.41, 5.74) is 4.87. The van der Waals surface area contributed by atoms with E-state index in [1.165, 1.54) is 0 Å². The van der Waals surface area contributed by atoms with Crippen LogP contribution in [0.2, 0.25) is 0 Å². The predicted octanol–water partition coefficient (Wildman–Crippen LogP) is 3.50. The average molecular weight is 546 g/mol. The van der Waals surface area contributed by atoms with Crippen LogP contribution < -0.4 is 10.1 Å². The molecule has 0 saturated carbocycles. The third-order valence-electron chi connectivity index (χ3n) is 8.14. The molecule has 1 aromatic carbocycles. The summed E-state index contributed by atoms with van der Waals surface area (Å²) in [6.07, 6.45) is 5.82. The molecule has 212 valence electrons. The summed E-state index contributed by atoms with van der Waals surface area (Å²) in [5.74, 6) is 2.11. The SMILES string of the molecule is C=CC(O)N1CCC(c2nc3ccc(CNc4nc(OC5CCN(C)CC5)nc5c(C(C)C)cnn45)cc3[nH]2)C1. The van der Waals surface area contributed by atoms with Crippen LogP contribution in [0.25, 0.3) is 16.7 Å². The van der Waals surface area contributed by atoms with E-state index < -0.39 is 6.23 Å². The van der Waals surface area contributed by atoms with E-state index in [4.69, 9.17) is 19.7 Å². The number of nitrogens with one attached hydrogen (secondary N) is 2. The lowest BCUT2D eigenvalue weighted by Crippen LogP contribution is -2.36. The fourth-order valence-corrected chi connectivity index (χ4v) is 5.66. The summed E-state index contributed by atoms with van der Waals surface area (Å²) < 4.78 is 8.05. The van der Waals surface area contributed by atoms with Gasteiger partial charge in [-0.05, 0) is 56.0 Å². The summed E-state index contributed by atoms with van der Waals surface area (Å²) in [5, 5.41) is 18.2. The number of anilines is 1. The van der Waals surface area contributed by atoms with E-state index >= 15 is 0 Å². The lowest BCUT2D eigenvalue weighted by molar-refractivity contribution is 0.0603. The highest BCUT2D eigenvalue weighted by atomic mass is 16.5. The summed E-state index contributed by atoms with van der Waals surface area (Å²) >= 11 is 0. The van der Waals surface area contributed by atoms with E-state index in [0.717, 1.165) is 79.1 Å². The number of nitrogens with zero attached hydrogens (tertiary/aromatic N) is 7. The lowest BCUT2D eigenvalue weighted by atomic mass is 10.1. The Balaban J connectivity index is 1.20. The maximum atomic E-state index is 10.1. The third-order valence-corrected chi connectivity index (χ3v) is 8.14. The number of aliphatic hydroxyl groups is 1. The highest BCUT2D eigenvalue weighted by Crippen LogP contribution is 2.29. The molecule has 6 rings (SSSR count). The fourth-order valence-electron chi connectivity index (χ4n) is 5.66. The summed E-state index contributed by atoms with van der Waals surface area (Å²) in [7, 11) is 2.14. The van der Waals surface area contributed by atoms with Gasteiger partial charge in [-0.1, -0.05) is 26.5 Å². The van der Waals surface area contributed by atoms with Gasteiger partial charge in [-0.25, -0.2) is 4.98 Å². The van der Waals surface area contributed by atoms with Crippen LogP contribution in [0, 0.1) is 0 Å². The van der Waals surface area contributed by atoms with Gasteiger partial charge in [-0.15, -0.1) is 0 Å². The number of imidazole rings is 1. The van der Waals surface area contributed by atoms with Crippen LogP contribution in [0.3, 0.4) is 0 Å². The monoisotopic (exact) mass is 545 g/mol. The Morgan fingerprint density at radius 3 is 2.77 bits per heavy atom. The highest BCUT2D eigenvalue weighted by molar-refractivity contribution is 5.76. The molecule has 0 radical (unpaired) electrons. The summed E-state index contributed by atoms with van der Waals surface area (Å²) in [6, 6.07) is 6.65. The minimum absolute atomic E-state index is 0.112. The van der Waals surface area contributed by atoms with Crippen LogP contribution in [-0.2, 0) is 6.54 Å². The molecule has 2 atom stereocenters. The van der Waals surface area contributed by atoms with Crippen molar-refractivity contribution in [2.45, 2.75) is 63.8 Å². The van der Waals surface area contributed by atoms with Gasteiger partial charge >= 0.3 is 6.01 Å². The van der Waals surface area contributed by atoms with Crippen molar-refractivity contribution in [3.05, 3.63) is 54.0 Å². The molecule has 3 aromatic heterocycles. The number of aromatic nitrogens is 6. The van der Waals surface area contributed by atoms with Crippen LogP contribution in [0.4, 0.5) is 5.95 Å². The molecular weight excluding hydrogens is 506 g/mol. The molecule has 40 heavy (non-hydrogen) atoms. The first kappa shape index (κ1) is 26.7. The van der Waals surface area contributed by atoms with Crippen LogP contribution >= 0.6 is 0 Å². The molecular formula is C29H39N9O2. The number of fused-ring (bicyclic) bond motifs is 2. The number of piperidine rings is 1. The van der Waals surface area contributed by atoms with E-state index in [-0.39, 0.29) is 17.9 Å². The number of hydrogen-bond donors (Lipinski definition) is 3. The number of aromatic amines is 1. The zero-order chi connectivity index (χ0) is 27.8. The van der Waals surface area contributed by atoms with Gasteiger partial charge in [0, 0.05) is 44.2 Å². The van der Waals surface area contributed by atoms with Crippen LogP contribution in [-0.4, -0.2) is 90.0 Å². The van der Waals surface area contributed by atoms with E-state index in [0.29, 0.717) is 18.5 Å². The standard InChI is InChI=1S/C29H39N9O2/c1-5-25(39)37-13-8-20(17-37)26-32-23-7-6-19(14-24(23)33-26)15-30-28-35-29(40-21-9-11-36(4)12-10-21)34-27-22(18(2)3)16-31-38(27)28/h5-7,14,16,18,20-21,25,39H,1,8-13,15,17H2,2-4H3,(H,32,33)(H,30,34,35). The van der Waals surface area contributed by atoms with E-state index in [1.54, 1.807) is 10.6 Å². The zero-order valence-electron chi connectivity index (χ0n) is 23.5. The Morgan fingerprint density at radius 1 is 1.18 bits per heavy atom. The topological polar surface area (TPSA) is 120 Å². The predicted molar refractivity (Wildman–Crippen MR) is 155 cm³/mol. The van der Waals surface area contributed by atoms with Crippen molar-refractivity contribution in [3.63, 3.8) is 0 Å². The highest BCUT2D eigenvalue weighted by Gasteiger charge is 2.29. The molecule has 11 heteroatoms. The minimum Gasteiger partial charge on any atom is -0.460 e. The largest absolute Gasteiger partial charge is 0.460 e. The Kier molecular flexibility index (Phi) is 7.43. The number of likely N-dealkylation sites (tertiary alicyclic amines) is 2. The van der Waals surface area contributed by atoms with Gasteiger partial charge in [0.05, 0.1) is 17.2 Å². The molecule has 0 bridgehead atoms. The second kappa shape index (κ2) is 11.1. The zero-order valence-corrected chi connectivity index (χ0v) is 23.5. The number of rotatable bonds is 9. The maximum absolute atomic E-state index is 10.1. The Bertz CT molecular complexity index is 1490. The summed E-state index contributed by atoms with van der Waals surface area (Å²) in [4.78, 5) is 22.2. The Morgan fingerprint density at radius 2 is 2.00 bits per heavy atom. The van der Waals surface area contributed by atoms with E-state index in [9.17, 15) is 5.11 Å². The van der Waals surface area contributed by atoms with Gasteiger partial charge in [0.15, 0.2) is 5.65 Å². The second-order valence-corrected chi connectivity index (χ2v) is 11.4.